The molecular formula is C19H26N6OS. The number of aromatic nitrogens is 3. The molecule has 1 saturated heterocycles. The van der Waals surface area contributed by atoms with Gasteiger partial charge in [-0.2, -0.15) is 5.10 Å². The molecule has 2 aromatic rings. The lowest BCUT2D eigenvalue weighted by Gasteiger charge is -2.33. The molecule has 2 heterocycles. The van der Waals surface area contributed by atoms with Gasteiger partial charge < -0.3 is 9.88 Å². The van der Waals surface area contributed by atoms with Crippen molar-refractivity contribution in [2.75, 3.05) is 38.0 Å². The number of benzene rings is 1. The van der Waals surface area contributed by atoms with E-state index in [1.807, 2.05) is 42.1 Å². The van der Waals surface area contributed by atoms with Crippen LogP contribution in [0.3, 0.4) is 0 Å². The van der Waals surface area contributed by atoms with Gasteiger partial charge in [0.2, 0.25) is 5.91 Å². The van der Waals surface area contributed by atoms with E-state index in [1.54, 1.807) is 0 Å². The third-order valence-electron chi connectivity index (χ3n) is 5.24. The number of amides is 1. The number of piperazine rings is 1. The van der Waals surface area contributed by atoms with Crippen molar-refractivity contribution in [3.63, 3.8) is 0 Å². The standard InChI is InChI=1S/C19H26N6OS/c1-22-18(15-7-8-15)21-25(19(22)27)14-24-11-9-23(10-12-24)13-17(26)20-16-5-3-2-4-6-16/h2-6,15H,7-14H2,1H3,(H,20,26). The van der Waals surface area contributed by atoms with Crippen LogP contribution in [0.1, 0.15) is 24.6 Å². The summed E-state index contributed by atoms with van der Waals surface area (Å²) in [6.07, 6.45) is 2.45. The van der Waals surface area contributed by atoms with E-state index < -0.39 is 0 Å². The van der Waals surface area contributed by atoms with Crippen LogP contribution in [-0.2, 0) is 18.5 Å². The predicted molar refractivity (Wildman–Crippen MR) is 107 cm³/mol. The number of hydrogen-bond donors (Lipinski definition) is 1. The Morgan fingerprint density at radius 2 is 1.81 bits per heavy atom. The SMILES string of the molecule is Cn1c(C2CC2)nn(CN2CCN(CC(=O)Nc3ccccc3)CC2)c1=S. The average Bonchev–Trinajstić information content (AvgIpc) is 3.47. The monoisotopic (exact) mass is 386 g/mol. The molecule has 27 heavy (non-hydrogen) atoms. The predicted octanol–water partition coefficient (Wildman–Crippen LogP) is 2.04. The van der Waals surface area contributed by atoms with Crippen molar-refractivity contribution >= 4 is 23.8 Å². The van der Waals surface area contributed by atoms with Crippen molar-refractivity contribution in [1.29, 1.82) is 0 Å². The first kappa shape index (κ1) is 18.3. The molecule has 0 radical (unpaired) electrons. The smallest absolute Gasteiger partial charge is 0.238 e. The maximum Gasteiger partial charge on any atom is 0.238 e. The van der Waals surface area contributed by atoms with Gasteiger partial charge in [-0.15, -0.1) is 0 Å². The molecule has 0 spiro atoms. The topological polar surface area (TPSA) is 58.3 Å². The lowest BCUT2D eigenvalue weighted by Crippen LogP contribution is -2.49. The van der Waals surface area contributed by atoms with E-state index in [2.05, 4.69) is 19.7 Å². The van der Waals surface area contributed by atoms with Gasteiger partial charge in [0.05, 0.1) is 13.2 Å². The maximum absolute atomic E-state index is 12.2. The fourth-order valence-electron chi connectivity index (χ4n) is 3.50. The van der Waals surface area contributed by atoms with E-state index in [1.165, 1.54) is 12.8 Å². The molecule has 7 nitrogen and oxygen atoms in total. The van der Waals surface area contributed by atoms with E-state index in [4.69, 9.17) is 17.3 Å². The highest BCUT2D eigenvalue weighted by molar-refractivity contribution is 7.71. The molecule has 2 fully saturated rings. The number of nitrogens with one attached hydrogen (secondary N) is 1. The molecule has 1 amide bonds. The first-order chi connectivity index (χ1) is 13.1. The van der Waals surface area contributed by atoms with Gasteiger partial charge in [0, 0.05) is 44.8 Å². The van der Waals surface area contributed by atoms with Gasteiger partial charge in [0.1, 0.15) is 5.82 Å². The Morgan fingerprint density at radius 3 is 2.48 bits per heavy atom. The van der Waals surface area contributed by atoms with Crippen LogP contribution in [0.2, 0.25) is 0 Å². The summed E-state index contributed by atoms with van der Waals surface area (Å²) in [7, 11) is 2.02. The number of rotatable bonds is 6. The lowest BCUT2D eigenvalue weighted by atomic mass is 10.3. The Labute approximate surface area is 164 Å². The molecule has 1 aliphatic heterocycles. The van der Waals surface area contributed by atoms with Gasteiger partial charge in [0.15, 0.2) is 4.77 Å². The molecule has 0 unspecified atom stereocenters. The van der Waals surface area contributed by atoms with E-state index in [9.17, 15) is 4.79 Å². The Kier molecular flexibility index (Phi) is 5.38. The van der Waals surface area contributed by atoms with Gasteiger partial charge in [-0.3, -0.25) is 14.6 Å². The van der Waals surface area contributed by atoms with Crippen LogP contribution >= 0.6 is 12.2 Å². The minimum atomic E-state index is 0.0377. The molecule has 8 heteroatoms. The summed E-state index contributed by atoms with van der Waals surface area (Å²) in [5.41, 5.74) is 0.845. The summed E-state index contributed by atoms with van der Waals surface area (Å²) in [6, 6.07) is 9.60. The van der Waals surface area contributed by atoms with Crippen molar-refractivity contribution in [1.82, 2.24) is 24.1 Å². The molecule has 0 bridgehead atoms. The van der Waals surface area contributed by atoms with Gasteiger partial charge in [-0.25, -0.2) is 4.68 Å². The maximum atomic E-state index is 12.2. The second-order valence-corrected chi connectivity index (χ2v) is 7.79. The molecule has 1 aliphatic carbocycles. The number of hydrogen-bond acceptors (Lipinski definition) is 5. The first-order valence-electron chi connectivity index (χ1n) is 9.53. The van der Waals surface area contributed by atoms with Crippen LogP contribution in [0, 0.1) is 4.77 Å². The Morgan fingerprint density at radius 1 is 1.15 bits per heavy atom. The highest BCUT2D eigenvalue weighted by Crippen LogP contribution is 2.38. The number of nitrogens with zero attached hydrogens (tertiary/aromatic N) is 5. The highest BCUT2D eigenvalue weighted by Gasteiger charge is 2.29. The Bertz CT molecular complexity index is 849. The molecule has 1 aromatic heterocycles. The summed E-state index contributed by atoms with van der Waals surface area (Å²) in [5.74, 6) is 1.75. The van der Waals surface area contributed by atoms with Crippen LogP contribution in [0.25, 0.3) is 0 Å². The second kappa shape index (κ2) is 7.92. The van der Waals surface area contributed by atoms with E-state index >= 15 is 0 Å². The van der Waals surface area contributed by atoms with Gasteiger partial charge >= 0.3 is 0 Å². The van der Waals surface area contributed by atoms with Crippen molar-refractivity contribution in [2.24, 2.45) is 7.05 Å². The van der Waals surface area contributed by atoms with Crippen molar-refractivity contribution < 1.29 is 4.79 Å². The van der Waals surface area contributed by atoms with Crippen LogP contribution < -0.4 is 5.32 Å². The molecule has 1 saturated carbocycles. The summed E-state index contributed by atoms with van der Waals surface area (Å²) in [6.45, 7) is 4.72. The molecule has 144 valence electrons. The number of para-hydroxylation sites is 1. The summed E-state index contributed by atoms with van der Waals surface area (Å²) >= 11 is 5.55. The summed E-state index contributed by atoms with van der Waals surface area (Å²) in [5, 5.41) is 7.68. The number of anilines is 1. The molecule has 1 aromatic carbocycles. The number of carbonyl (C=O) groups is 1. The minimum absolute atomic E-state index is 0.0377. The van der Waals surface area contributed by atoms with E-state index in [0.717, 1.165) is 49.1 Å². The second-order valence-electron chi connectivity index (χ2n) is 7.42. The van der Waals surface area contributed by atoms with Crippen LogP contribution in [-0.4, -0.2) is 62.8 Å². The summed E-state index contributed by atoms with van der Waals surface area (Å²) < 4.78 is 4.79. The van der Waals surface area contributed by atoms with E-state index in [0.29, 0.717) is 12.5 Å². The fraction of sp³-hybridized carbons (Fsp3) is 0.526. The van der Waals surface area contributed by atoms with E-state index in [-0.39, 0.29) is 5.91 Å². The average molecular weight is 387 g/mol. The normalized spacial score (nSPS) is 18.6. The van der Waals surface area contributed by atoms with Crippen LogP contribution in [0.15, 0.2) is 30.3 Å². The van der Waals surface area contributed by atoms with Crippen molar-refractivity contribution in [2.45, 2.75) is 25.4 Å². The van der Waals surface area contributed by atoms with Crippen LogP contribution in [0.5, 0.6) is 0 Å². The molecular weight excluding hydrogens is 360 g/mol. The van der Waals surface area contributed by atoms with Crippen LogP contribution in [0.4, 0.5) is 5.69 Å². The zero-order chi connectivity index (χ0) is 18.8. The molecule has 0 atom stereocenters. The lowest BCUT2D eigenvalue weighted by molar-refractivity contribution is -0.117. The molecule has 1 N–H and O–H groups in total. The third-order valence-corrected chi connectivity index (χ3v) is 5.73. The third kappa shape index (κ3) is 4.45. The largest absolute Gasteiger partial charge is 0.325 e. The Balaban J connectivity index is 1.26. The van der Waals surface area contributed by atoms with Crippen molar-refractivity contribution in [3.8, 4) is 0 Å². The minimum Gasteiger partial charge on any atom is -0.325 e. The molecule has 2 aliphatic rings. The van der Waals surface area contributed by atoms with Gasteiger partial charge in [-0.05, 0) is 37.2 Å². The summed E-state index contributed by atoms with van der Waals surface area (Å²) in [4.78, 5) is 16.8. The zero-order valence-corrected chi connectivity index (χ0v) is 16.5. The quantitative estimate of drug-likeness (QED) is 0.770. The van der Waals surface area contributed by atoms with Gasteiger partial charge in [0.25, 0.3) is 0 Å². The number of carbonyl (C=O) groups excluding carboxylic acids is 1. The molecule has 4 rings (SSSR count). The first-order valence-corrected chi connectivity index (χ1v) is 9.94. The zero-order valence-electron chi connectivity index (χ0n) is 15.7. The van der Waals surface area contributed by atoms with Gasteiger partial charge in [-0.1, -0.05) is 18.2 Å². The Hall–Kier alpha value is -2.03. The highest BCUT2D eigenvalue weighted by atomic mass is 32.1. The van der Waals surface area contributed by atoms with Crippen molar-refractivity contribution in [3.05, 3.63) is 40.9 Å². The fourth-order valence-corrected chi connectivity index (χ4v) is 3.69.